The zero-order chi connectivity index (χ0) is 15.1. The molecule has 0 aromatic heterocycles. The van der Waals surface area contributed by atoms with E-state index >= 15 is 0 Å². The molecule has 1 aliphatic rings. The van der Waals surface area contributed by atoms with E-state index in [0.29, 0.717) is 23.6 Å². The van der Waals surface area contributed by atoms with Crippen LogP contribution in [0.15, 0.2) is 18.2 Å². The fourth-order valence-corrected chi connectivity index (χ4v) is 3.83. The van der Waals surface area contributed by atoms with Crippen molar-refractivity contribution in [2.24, 2.45) is 0 Å². The normalized spacial score (nSPS) is 15.0. The molecular formula is C16H23NO3S. The molecule has 0 bridgehead atoms. The Morgan fingerprint density at radius 3 is 2.71 bits per heavy atom. The van der Waals surface area contributed by atoms with Gasteiger partial charge < -0.3 is 14.8 Å². The fraction of sp³-hybridized carbons (Fsp3) is 0.562. The van der Waals surface area contributed by atoms with Gasteiger partial charge in [0.25, 0.3) is 5.91 Å². The summed E-state index contributed by atoms with van der Waals surface area (Å²) in [6.07, 6.45) is 5.35. The topological polar surface area (TPSA) is 47.6 Å². The van der Waals surface area contributed by atoms with Gasteiger partial charge in [-0.2, -0.15) is 11.8 Å². The Morgan fingerprint density at radius 1 is 1.29 bits per heavy atom. The fourth-order valence-electron chi connectivity index (χ4n) is 2.61. The molecule has 0 heterocycles. The Bertz CT molecular complexity index is 473. The maximum absolute atomic E-state index is 12.2. The third-order valence-electron chi connectivity index (χ3n) is 3.69. The van der Waals surface area contributed by atoms with Crippen molar-refractivity contribution >= 4 is 17.7 Å². The monoisotopic (exact) mass is 309 g/mol. The van der Waals surface area contributed by atoms with Crippen LogP contribution >= 0.6 is 11.8 Å². The predicted octanol–water partition coefficient (Wildman–Crippen LogP) is 3.11. The molecule has 1 saturated carbocycles. The van der Waals surface area contributed by atoms with Gasteiger partial charge in [-0.1, -0.05) is 18.9 Å². The summed E-state index contributed by atoms with van der Waals surface area (Å²) in [5.74, 6) is 1.91. The average molecular weight is 309 g/mol. The van der Waals surface area contributed by atoms with Crippen molar-refractivity contribution in [3.63, 3.8) is 0 Å². The molecule has 116 valence electrons. The van der Waals surface area contributed by atoms with Crippen LogP contribution in [0, 0.1) is 0 Å². The van der Waals surface area contributed by atoms with Gasteiger partial charge in [0.1, 0.15) is 0 Å². The third-order valence-corrected chi connectivity index (χ3v) is 5.07. The quantitative estimate of drug-likeness (QED) is 0.786. The van der Waals surface area contributed by atoms with E-state index in [1.54, 1.807) is 32.4 Å². The second kappa shape index (κ2) is 8.17. The number of hydrogen-bond donors (Lipinski definition) is 1. The molecule has 0 radical (unpaired) electrons. The lowest BCUT2D eigenvalue weighted by Crippen LogP contribution is -2.26. The van der Waals surface area contributed by atoms with Gasteiger partial charge in [-0.15, -0.1) is 0 Å². The van der Waals surface area contributed by atoms with Crippen molar-refractivity contribution in [2.75, 3.05) is 26.5 Å². The second-order valence-electron chi connectivity index (χ2n) is 5.07. The number of amides is 1. The van der Waals surface area contributed by atoms with Crippen molar-refractivity contribution in [3.05, 3.63) is 23.8 Å². The molecule has 1 aromatic carbocycles. The number of hydrogen-bond acceptors (Lipinski definition) is 4. The first-order chi connectivity index (χ1) is 10.3. The highest BCUT2D eigenvalue weighted by molar-refractivity contribution is 7.99. The lowest BCUT2D eigenvalue weighted by molar-refractivity contribution is 0.0952. The molecule has 1 amide bonds. The van der Waals surface area contributed by atoms with E-state index in [-0.39, 0.29) is 5.91 Å². The number of methoxy groups -OCH3 is 2. The summed E-state index contributed by atoms with van der Waals surface area (Å²) in [6.45, 7) is 0.681. The minimum absolute atomic E-state index is 0.113. The van der Waals surface area contributed by atoms with E-state index in [0.717, 1.165) is 11.0 Å². The molecule has 0 saturated heterocycles. The Labute approximate surface area is 130 Å². The zero-order valence-corrected chi connectivity index (χ0v) is 13.5. The van der Waals surface area contributed by atoms with Gasteiger partial charge in [0.15, 0.2) is 11.5 Å². The van der Waals surface area contributed by atoms with Crippen molar-refractivity contribution in [2.45, 2.75) is 30.9 Å². The van der Waals surface area contributed by atoms with Crippen LogP contribution in [0.2, 0.25) is 0 Å². The molecule has 0 atom stereocenters. The molecule has 1 aromatic rings. The Kier molecular flexibility index (Phi) is 6.23. The summed E-state index contributed by atoms with van der Waals surface area (Å²) in [5, 5.41) is 3.74. The van der Waals surface area contributed by atoms with Gasteiger partial charge >= 0.3 is 0 Å². The highest BCUT2D eigenvalue weighted by Gasteiger charge is 2.17. The van der Waals surface area contributed by atoms with E-state index in [1.807, 2.05) is 11.8 Å². The number of para-hydroxylation sites is 1. The number of nitrogens with one attached hydrogen (secondary N) is 1. The van der Waals surface area contributed by atoms with Crippen LogP contribution in [-0.4, -0.2) is 37.7 Å². The highest BCUT2D eigenvalue weighted by atomic mass is 32.2. The Hall–Kier alpha value is -1.36. The van der Waals surface area contributed by atoms with Crippen LogP contribution in [0.1, 0.15) is 36.0 Å². The standard InChI is InChI=1S/C16H23NO3S/c1-19-14-9-5-8-13(15(14)20-2)16(18)17-10-11-21-12-6-3-4-7-12/h5,8-9,12H,3-4,6-7,10-11H2,1-2H3,(H,17,18). The van der Waals surface area contributed by atoms with E-state index in [1.165, 1.54) is 25.7 Å². The molecule has 1 aliphatic carbocycles. The van der Waals surface area contributed by atoms with Crippen LogP contribution in [-0.2, 0) is 0 Å². The average Bonchev–Trinajstić information content (AvgIpc) is 3.03. The molecule has 0 unspecified atom stereocenters. The first kappa shape index (κ1) is 16.0. The van der Waals surface area contributed by atoms with Gasteiger partial charge in [0.05, 0.1) is 19.8 Å². The van der Waals surface area contributed by atoms with Gasteiger partial charge in [-0.05, 0) is 25.0 Å². The number of carbonyl (C=O) groups is 1. The number of benzene rings is 1. The second-order valence-corrected chi connectivity index (χ2v) is 6.48. The van der Waals surface area contributed by atoms with E-state index in [4.69, 9.17) is 9.47 Å². The molecule has 5 heteroatoms. The van der Waals surface area contributed by atoms with Gasteiger partial charge in [-0.25, -0.2) is 0 Å². The SMILES string of the molecule is COc1cccc(C(=O)NCCSC2CCCC2)c1OC. The van der Waals surface area contributed by atoms with Gasteiger partial charge in [-0.3, -0.25) is 4.79 Å². The smallest absolute Gasteiger partial charge is 0.255 e. The van der Waals surface area contributed by atoms with Crippen LogP contribution in [0.4, 0.5) is 0 Å². The summed E-state index contributed by atoms with van der Waals surface area (Å²) < 4.78 is 10.5. The first-order valence-corrected chi connectivity index (χ1v) is 8.42. The minimum atomic E-state index is -0.113. The summed E-state index contributed by atoms with van der Waals surface area (Å²) in [5.41, 5.74) is 0.516. The number of carbonyl (C=O) groups excluding carboxylic acids is 1. The lowest BCUT2D eigenvalue weighted by atomic mass is 10.1. The van der Waals surface area contributed by atoms with Crippen molar-refractivity contribution < 1.29 is 14.3 Å². The highest BCUT2D eigenvalue weighted by Crippen LogP contribution is 2.31. The Morgan fingerprint density at radius 2 is 2.05 bits per heavy atom. The van der Waals surface area contributed by atoms with Crippen LogP contribution < -0.4 is 14.8 Å². The molecule has 21 heavy (non-hydrogen) atoms. The largest absolute Gasteiger partial charge is 0.493 e. The third kappa shape index (κ3) is 4.30. The van der Waals surface area contributed by atoms with Crippen LogP contribution in [0.25, 0.3) is 0 Å². The molecule has 0 aliphatic heterocycles. The molecule has 2 rings (SSSR count). The van der Waals surface area contributed by atoms with Crippen molar-refractivity contribution in [3.8, 4) is 11.5 Å². The van der Waals surface area contributed by atoms with Crippen LogP contribution in [0.5, 0.6) is 11.5 Å². The zero-order valence-electron chi connectivity index (χ0n) is 12.7. The summed E-state index contributed by atoms with van der Waals surface area (Å²) in [7, 11) is 3.11. The van der Waals surface area contributed by atoms with Crippen LogP contribution in [0.3, 0.4) is 0 Å². The summed E-state index contributed by atoms with van der Waals surface area (Å²) in [6, 6.07) is 5.33. The number of thioether (sulfide) groups is 1. The first-order valence-electron chi connectivity index (χ1n) is 7.37. The van der Waals surface area contributed by atoms with E-state index in [9.17, 15) is 4.79 Å². The number of rotatable bonds is 7. The van der Waals surface area contributed by atoms with E-state index in [2.05, 4.69) is 5.32 Å². The molecule has 1 N–H and O–H groups in total. The van der Waals surface area contributed by atoms with Gasteiger partial charge in [0.2, 0.25) is 0 Å². The molecular weight excluding hydrogens is 286 g/mol. The summed E-state index contributed by atoms with van der Waals surface area (Å²) >= 11 is 1.97. The maximum atomic E-state index is 12.2. The molecule has 4 nitrogen and oxygen atoms in total. The maximum Gasteiger partial charge on any atom is 0.255 e. The minimum Gasteiger partial charge on any atom is -0.493 e. The molecule has 1 fully saturated rings. The van der Waals surface area contributed by atoms with E-state index < -0.39 is 0 Å². The summed E-state index contributed by atoms with van der Waals surface area (Å²) in [4.78, 5) is 12.2. The Balaban J connectivity index is 1.85. The van der Waals surface area contributed by atoms with Gasteiger partial charge in [0, 0.05) is 17.5 Å². The predicted molar refractivity (Wildman–Crippen MR) is 86.6 cm³/mol. The molecule has 0 spiro atoms. The van der Waals surface area contributed by atoms with Crippen molar-refractivity contribution in [1.29, 1.82) is 0 Å². The number of ether oxygens (including phenoxy) is 2. The lowest BCUT2D eigenvalue weighted by Gasteiger charge is -2.13. The van der Waals surface area contributed by atoms with Crippen molar-refractivity contribution in [1.82, 2.24) is 5.32 Å².